The van der Waals surface area contributed by atoms with E-state index in [1.54, 1.807) is 36.1 Å². The van der Waals surface area contributed by atoms with Crippen molar-refractivity contribution in [2.24, 2.45) is 0 Å². The molecule has 5 nitrogen and oxygen atoms in total. The molecule has 0 aliphatic rings. The third-order valence-electron chi connectivity index (χ3n) is 4.81. The third-order valence-corrected chi connectivity index (χ3v) is 4.81. The molecule has 0 aliphatic carbocycles. The van der Waals surface area contributed by atoms with Gasteiger partial charge in [-0.1, -0.05) is 48.5 Å². The normalized spacial score (nSPS) is 11.4. The van der Waals surface area contributed by atoms with Gasteiger partial charge in [-0.15, -0.1) is 0 Å². The van der Waals surface area contributed by atoms with Gasteiger partial charge in [0, 0.05) is 12.2 Å². The van der Waals surface area contributed by atoms with E-state index in [4.69, 9.17) is 4.74 Å². The zero-order valence-electron chi connectivity index (χ0n) is 17.5. The molecule has 3 aromatic rings. The Hall–Kier alpha value is -3.60. The molecule has 0 radical (unpaired) electrons. The minimum absolute atomic E-state index is 0.174. The van der Waals surface area contributed by atoms with Gasteiger partial charge in [0.05, 0.1) is 11.3 Å². The predicted molar refractivity (Wildman–Crippen MR) is 120 cm³/mol. The number of carbonyl (C=O) groups excluding carboxylic acids is 2. The van der Waals surface area contributed by atoms with Crippen LogP contribution in [0.3, 0.4) is 0 Å². The van der Waals surface area contributed by atoms with E-state index in [0.29, 0.717) is 23.5 Å². The maximum absolute atomic E-state index is 13.2. The summed E-state index contributed by atoms with van der Waals surface area (Å²) in [5.74, 6) is 0.166. The van der Waals surface area contributed by atoms with Crippen LogP contribution in [0.1, 0.15) is 29.8 Å². The highest BCUT2D eigenvalue weighted by molar-refractivity contribution is 6.11. The SMILES string of the molecule is CCN(C(=O)c1ccccc1NC(=O)C(C)Oc1ccccc1C)c1ccccc1. The van der Waals surface area contributed by atoms with Gasteiger partial charge in [0.1, 0.15) is 5.75 Å². The molecule has 1 N–H and O–H groups in total. The zero-order valence-corrected chi connectivity index (χ0v) is 17.5. The Morgan fingerprint density at radius 2 is 1.57 bits per heavy atom. The van der Waals surface area contributed by atoms with Crippen molar-refractivity contribution in [3.63, 3.8) is 0 Å². The number of hydrogen-bond donors (Lipinski definition) is 1. The van der Waals surface area contributed by atoms with Crippen molar-refractivity contribution in [2.45, 2.75) is 26.9 Å². The second kappa shape index (κ2) is 9.74. The van der Waals surface area contributed by atoms with E-state index < -0.39 is 6.10 Å². The van der Waals surface area contributed by atoms with Gasteiger partial charge in [-0.05, 0) is 56.7 Å². The van der Waals surface area contributed by atoms with Crippen molar-refractivity contribution >= 4 is 23.2 Å². The van der Waals surface area contributed by atoms with Gasteiger partial charge in [0.25, 0.3) is 11.8 Å². The van der Waals surface area contributed by atoms with Gasteiger partial charge < -0.3 is 15.0 Å². The first-order valence-corrected chi connectivity index (χ1v) is 10.0. The molecule has 0 saturated carbocycles. The Balaban J connectivity index is 1.78. The molecule has 5 heteroatoms. The van der Waals surface area contributed by atoms with Crippen LogP contribution in [0.15, 0.2) is 78.9 Å². The summed E-state index contributed by atoms with van der Waals surface area (Å²) >= 11 is 0. The predicted octanol–water partition coefficient (Wildman–Crippen LogP) is 5.07. The number of rotatable bonds is 7. The van der Waals surface area contributed by atoms with Gasteiger partial charge in [0.15, 0.2) is 6.10 Å². The Bertz CT molecular complexity index is 1020. The quantitative estimate of drug-likeness (QED) is 0.600. The summed E-state index contributed by atoms with van der Waals surface area (Å²) in [6.07, 6.45) is -0.717. The molecule has 0 spiro atoms. The lowest BCUT2D eigenvalue weighted by molar-refractivity contribution is -0.122. The van der Waals surface area contributed by atoms with Gasteiger partial charge >= 0.3 is 0 Å². The fourth-order valence-electron chi connectivity index (χ4n) is 3.14. The van der Waals surface area contributed by atoms with E-state index >= 15 is 0 Å². The molecule has 3 aromatic carbocycles. The first kappa shape index (κ1) is 21.1. The van der Waals surface area contributed by atoms with Crippen LogP contribution in [0, 0.1) is 6.92 Å². The average Bonchev–Trinajstić information content (AvgIpc) is 2.77. The van der Waals surface area contributed by atoms with Gasteiger partial charge in [-0.25, -0.2) is 0 Å². The largest absolute Gasteiger partial charge is 0.481 e. The van der Waals surface area contributed by atoms with Crippen molar-refractivity contribution in [3.8, 4) is 5.75 Å². The minimum Gasteiger partial charge on any atom is -0.481 e. The number of anilines is 2. The number of aryl methyl sites for hydroxylation is 1. The van der Waals surface area contributed by atoms with Crippen molar-refractivity contribution in [1.29, 1.82) is 0 Å². The monoisotopic (exact) mass is 402 g/mol. The molecule has 0 heterocycles. The molecule has 1 atom stereocenters. The highest BCUT2D eigenvalue weighted by Crippen LogP contribution is 2.23. The molecule has 0 aliphatic heterocycles. The first-order valence-electron chi connectivity index (χ1n) is 10.0. The van der Waals surface area contributed by atoms with Crippen LogP contribution in [-0.2, 0) is 4.79 Å². The van der Waals surface area contributed by atoms with Crippen molar-refractivity contribution in [3.05, 3.63) is 90.0 Å². The van der Waals surface area contributed by atoms with E-state index in [2.05, 4.69) is 5.32 Å². The second-order valence-corrected chi connectivity index (χ2v) is 6.95. The van der Waals surface area contributed by atoms with Crippen molar-refractivity contribution in [1.82, 2.24) is 0 Å². The summed E-state index contributed by atoms with van der Waals surface area (Å²) in [5, 5.41) is 2.85. The Kier molecular flexibility index (Phi) is 6.86. The van der Waals surface area contributed by atoms with Crippen LogP contribution in [0.4, 0.5) is 11.4 Å². The molecule has 1 unspecified atom stereocenters. The molecule has 154 valence electrons. The fourth-order valence-corrected chi connectivity index (χ4v) is 3.14. The van der Waals surface area contributed by atoms with E-state index in [1.165, 1.54) is 0 Å². The van der Waals surface area contributed by atoms with Crippen LogP contribution >= 0.6 is 0 Å². The number of para-hydroxylation sites is 3. The third kappa shape index (κ3) is 4.87. The zero-order chi connectivity index (χ0) is 21.5. The van der Waals surface area contributed by atoms with Crippen LogP contribution in [0.2, 0.25) is 0 Å². The van der Waals surface area contributed by atoms with Crippen LogP contribution < -0.4 is 15.0 Å². The molecule has 0 bridgehead atoms. The van der Waals surface area contributed by atoms with Gasteiger partial charge in [-0.3, -0.25) is 9.59 Å². The molecular formula is C25H26N2O3. The summed E-state index contributed by atoms with van der Waals surface area (Å²) in [6.45, 7) is 6.05. The van der Waals surface area contributed by atoms with E-state index in [1.807, 2.05) is 68.4 Å². The lowest BCUT2D eigenvalue weighted by Gasteiger charge is -2.23. The summed E-state index contributed by atoms with van der Waals surface area (Å²) < 4.78 is 5.81. The van der Waals surface area contributed by atoms with Gasteiger partial charge in [0.2, 0.25) is 0 Å². The standard InChI is InChI=1S/C25H26N2O3/c1-4-27(20-13-6-5-7-14-20)25(29)21-15-9-10-16-22(21)26-24(28)19(3)30-23-17-11-8-12-18(23)2/h5-17,19H,4H2,1-3H3,(H,26,28). The molecular weight excluding hydrogens is 376 g/mol. The van der Waals surface area contributed by atoms with Crippen molar-refractivity contribution in [2.75, 3.05) is 16.8 Å². The Morgan fingerprint density at radius 1 is 0.933 bits per heavy atom. The summed E-state index contributed by atoms with van der Waals surface area (Å²) in [4.78, 5) is 27.7. The number of nitrogens with one attached hydrogen (secondary N) is 1. The Labute approximate surface area is 177 Å². The Morgan fingerprint density at radius 3 is 2.27 bits per heavy atom. The lowest BCUT2D eigenvalue weighted by atomic mass is 10.1. The van der Waals surface area contributed by atoms with Gasteiger partial charge in [-0.2, -0.15) is 0 Å². The molecule has 0 saturated heterocycles. The number of carbonyl (C=O) groups is 2. The summed E-state index contributed by atoms with van der Waals surface area (Å²) in [7, 11) is 0. The highest BCUT2D eigenvalue weighted by atomic mass is 16.5. The lowest BCUT2D eigenvalue weighted by Crippen LogP contribution is -2.33. The average molecular weight is 402 g/mol. The van der Waals surface area contributed by atoms with E-state index in [0.717, 1.165) is 11.3 Å². The van der Waals surface area contributed by atoms with Crippen LogP contribution in [0.25, 0.3) is 0 Å². The molecule has 2 amide bonds. The molecule has 3 rings (SSSR count). The maximum Gasteiger partial charge on any atom is 0.265 e. The smallest absolute Gasteiger partial charge is 0.265 e. The van der Waals surface area contributed by atoms with E-state index in [9.17, 15) is 9.59 Å². The number of nitrogens with zero attached hydrogens (tertiary/aromatic N) is 1. The van der Waals surface area contributed by atoms with Crippen molar-refractivity contribution < 1.29 is 14.3 Å². The fraction of sp³-hybridized carbons (Fsp3) is 0.200. The highest BCUT2D eigenvalue weighted by Gasteiger charge is 2.22. The molecule has 30 heavy (non-hydrogen) atoms. The van der Waals surface area contributed by atoms with E-state index in [-0.39, 0.29) is 11.8 Å². The minimum atomic E-state index is -0.717. The summed E-state index contributed by atoms with van der Waals surface area (Å²) in [6, 6.07) is 24.0. The summed E-state index contributed by atoms with van der Waals surface area (Å²) in [5.41, 5.74) is 2.65. The molecule has 0 fully saturated rings. The first-order chi connectivity index (χ1) is 14.5. The van der Waals surface area contributed by atoms with Crippen LogP contribution in [0.5, 0.6) is 5.75 Å². The number of benzene rings is 3. The number of ether oxygens (including phenoxy) is 1. The second-order valence-electron chi connectivity index (χ2n) is 6.95. The number of amides is 2. The molecule has 0 aromatic heterocycles. The topological polar surface area (TPSA) is 58.6 Å². The van der Waals surface area contributed by atoms with Crippen LogP contribution in [-0.4, -0.2) is 24.5 Å². The maximum atomic E-state index is 13.2. The number of hydrogen-bond acceptors (Lipinski definition) is 3.